The van der Waals surface area contributed by atoms with Gasteiger partial charge in [0.1, 0.15) is 23.9 Å². The van der Waals surface area contributed by atoms with Crippen LogP contribution in [0.15, 0.2) is 103 Å². The van der Waals surface area contributed by atoms with Gasteiger partial charge >= 0.3 is 0 Å². The zero-order chi connectivity index (χ0) is 26.6. The largest absolute Gasteiger partial charge is 0.507 e. The molecule has 6 nitrogen and oxygen atoms in total. The molecule has 38 heavy (non-hydrogen) atoms. The first-order valence-electron chi connectivity index (χ1n) is 12.1. The third-order valence-electron chi connectivity index (χ3n) is 6.53. The van der Waals surface area contributed by atoms with Crippen molar-refractivity contribution in [2.75, 3.05) is 0 Å². The number of nitrogens with zero attached hydrogens (tertiary/aromatic N) is 2. The lowest BCUT2D eigenvalue weighted by Gasteiger charge is -2.25. The molecule has 4 aromatic rings. The number of carbonyl (C=O) groups is 2. The van der Waals surface area contributed by atoms with Crippen molar-refractivity contribution in [2.24, 2.45) is 0 Å². The van der Waals surface area contributed by atoms with E-state index >= 15 is 0 Å². The smallest absolute Gasteiger partial charge is 0.295 e. The van der Waals surface area contributed by atoms with Crippen LogP contribution in [-0.4, -0.2) is 26.7 Å². The first-order valence-corrected chi connectivity index (χ1v) is 12.1. The van der Waals surface area contributed by atoms with E-state index in [2.05, 4.69) is 4.98 Å². The van der Waals surface area contributed by atoms with Crippen LogP contribution in [0.25, 0.3) is 5.76 Å². The Labute approximate surface area is 219 Å². The topological polar surface area (TPSA) is 79.7 Å². The third-order valence-corrected chi connectivity index (χ3v) is 6.53. The van der Waals surface area contributed by atoms with Gasteiger partial charge in [0.25, 0.3) is 11.7 Å². The number of rotatable bonds is 7. The quantitative estimate of drug-likeness (QED) is 0.196. The molecule has 5 rings (SSSR count). The van der Waals surface area contributed by atoms with E-state index in [1.807, 2.05) is 30.3 Å². The minimum Gasteiger partial charge on any atom is -0.507 e. The lowest BCUT2D eigenvalue weighted by atomic mass is 9.94. The standard InChI is InChI=1S/C31H25FN2O4/c1-20-7-8-24(17-26(20)32)29(35)27-28(34(31(37)30(27)36)18-21-13-15-33-16-14-21)23-9-11-25(12-10-23)38-19-22-5-3-2-4-6-22/h2-17,28,35H,18-19H2,1H3. The molecule has 1 aliphatic rings. The molecule has 3 aromatic carbocycles. The van der Waals surface area contributed by atoms with Gasteiger partial charge in [0.2, 0.25) is 0 Å². The van der Waals surface area contributed by atoms with Crippen LogP contribution in [0.1, 0.15) is 33.9 Å². The number of benzene rings is 3. The summed E-state index contributed by atoms with van der Waals surface area (Å²) in [5.41, 5.74) is 2.85. The second-order valence-corrected chi connectivity index (χ2v) is 9.09. The summed E-state index contributed by atoms with van der Waals surface area (Å²) in [4.78, 5) is 31.9. The second kappa shape index (κ2) is 10.7. The van der Waals surface area contributed by atoms with Gasteiger partial charge in [-0.2, -0.15) is 0 Å². The molecule has 190 valence electrons. The number of aliphatic hydroxyl groups excluding tert-OH is 1. The first kappa shape index (κ1) is 24.9. The van der Waals surface area contributed by atoms with Crippen molar-refractivity contribution < 1.29 is 23.8 Å². The van der Waals surface area contributed by atoms with Gasteiger partial charge < -0.3 is 14.7 Å². The van der Waals surface area contributed by atoms with Crippen molar-refractivity contribution in [1.82, 2.24) is 9.88 Å². The highest BCUT2D eigenvalue weighted by Crippen LogP contribution is 2.40. The molecule has 2 heterocycles. The van der Waals surface area contributed by atoms with E-state index in [4.69, 9.17) is 4.74 Å². The number of ether oxygens (including phenoxy) is 1. The highest BCUT2D eigenvalue weighted by molar-refractivity contribution is 6.46. The second-order valence-electron chi connectivity index (χ2n) is 9.09. The number of aromatic nitrogens is 1. The van der Waals surface area contributed by atoms with Crippen LogP contribution in [0.2, 0.25) is 0 Å². The average molecular weight is 509 g/mol. The number of carbonyl (C=O) groups excluding carboxylic acids is 2. The number of aryl methyl sites for hydroxylation is 1. The molecular weight excluding hydrogens is 483 g/mol. The summed E-state index contributed by atoms with van der Waals surface area (Å²) in [7, 11) is 0. The van der Waals surface area contributed by atoms with Gasteiger partial charge in [0.05, 0.1) is 11.6 Å². The van der Waals surface area contributed by atoms with Crippen LogP contribution in [0.3, 0.4) is 0 Å². The maximum Gasteiger partial charge on any atom is 0.295 e. The molecule has 1 atom stereocenters. The van der Waals surface area contributed by atoms with Gasteiger partial charge in [-0.05, 0) is 59.5 Å². The van der Waals surface area contributed by atoms with Crippen molar-refractivity contribution in [3.05, 3.63) is 137 Å². The highest BCUT2D eigenvalue weighted by Gasteiger charge is 2.46. The van der Waals surface area contributed by atoms with E-state index in [0.717, 1.165) is 11.1 Å². The molecule has 1 amide bonds. The van der Waals surface area contributed by atoms with E-state index in [-0.39, 0.29) is 17.7 Å². The summed E-state index contributed by atoms with van der Waals surface area (Å²) in [6, 6.07) is 23.6. The van der Waals surface area contributed by atoms with Crippen molar-refractivity contribution in [1.29, 1.82) is 0 Å². The zero-order valence-corrected chi connectivity index (χ0v) is 20.7. The minimum atomic E-state index is -0.879. The Hall–Kier alpha value is -4.78. The van der Waals surface area contributed by atoms with Crippen LogP contribution in [-0.2, 0) is 22.7 Å². The molecule has 1 aromatic heterocycles. The van der Waals surface area contributed by atoms with Crippen molar-refractivity contribution >= 4 is 17.4 Å². The molecule has 0 spiro atoms. The van der Waals surface area contributed by atoms with Gasteiger partial charge in [0, 0.05) is 24.5 Å². The van der Waals surface area contributed by atoms with E-state index in [1.165, 1.54) is 23.1 Å². The number of amides is 1. The molecule has 1 unspecified atom stereocenters. The summed E-state index contributed by atoms with van der Waals surface area (Å²) in [5, 5.41) is 11.2. The molecule has 1 saturated heterocycles. The highest BCUT2D eigenvalue weighted by atomic mass is 19.1. The van der Waals surface area contributed by atoms with E-state index in [1.54, 1.807) is 55.7 Å². The van der Waals surface area contributed by atoms with Crippen molar-refractivity contribution in [2.45, 2.75) is 26.1 Å². The van der Waals surface area contributed by atoms with Crippen molar-refractivity contribution in [3.63, 3.8) is 0 Å². The number of pyridine rings is 1. The van der Waals surface area contributed by atoms with Crippen LogP contribution in [0.4, 0.5) is 4.39 Å². The van der Waals surface area contributed by atoms with E-state index in [0.29, 0.717) is 23.5 Å². The van der Waals surface area contributed by atoms with Gasteiger partial charge in [-0.25, -0.2) is 4.39 Å². The Morgan fingerprint density at radius 1 is 0.947 bits per heavy atom. The Balaban J connectivity index is 1.52. The van der Waals surface area contributed by atoms with Crippen LogP contribution in [0.5, 0.6) is 5.75 Å². The Bertz CT molecular complexity index is 1500. The lowest BCUT2D eigenvalue weighted by molar-refractivity contribution is -0.140. The maximum atomic E-state index is 14.3. The monoisotopic (exact) mass is 508 g/mol. The molecular formula is C31H25FN2O4. The molecule has 0 saturated carbocycles. The fraction of sp³-hybridized carbons (Fsp3) is 0.129. The zero-order valence-electron chi connectivity index (χ0n) is 20.7. The number of aliphatic hydroxyl groups is 1. The number of Topliss-reactive ketones (excluding diaryl/α,β-unsaturated/α-hetero) is 1. The molecule has 1 aliphatic heterocycles. The molecule has 7 heteroatoms. The van der Waals surface area contributed by atoms with Crippen LogP contribution >= 0.6 is 0 Å². The predicted molar refractivity (Wildman–Crippen MR) is 140 cm³/mol. The fourth-order valence-corrected chi connectivity index (χ4v) is 4.46. The van der Waals surface area contributed by atoms with E-state index in [9.17, 15) is 19.1 Å². The van der Waals surface area contributed by atoms with E-state index < -0.39 is 29.3 Å². The molecule has 0 radical (unpaired) electrons. The Morgan fingerprint density at radius 3 is 2.34 bits per heavy atom. The SMILES string of the molecule is Cc1ccc(C(O)=C2C(=O)C(=O)N(Cc3ccncc3)C2c2ccc(OCc3ccccc3)cc2)cc1F. The average Bonchev–Trinajstić information content (AvgIpc) is 3.19. The summed E-state index contributed by atoms with van der Waals surface area (Å²) in [5.74, 6) is -1.90. The number of ketones is 1. The molecule has 0 bridgehead atoms. The number of likely N-dealkylation sites (tertiary alicyclic amines) is 1. The molecule has 1 fully saturated rings. The fourth-order valence-electron chi connectivity index (χ4n) is 4.46. The van der Waals surface area contributed by atoms with Gasteiger partial charge in [0.15, 0.2) is 0 Å². The van der Waals surface area contributed by atoms with Crippen molar-refractivity contribution in [3.8, 4) is 5.75 Å². The Morgan fingerprint density at radius 2 is 1.66 bits per heavy atom. The maximum absolute atomic E-state index is 14.3. The number of hydrogen-bond acceptors (Lipinski definition) is 5. The molecule has 0 aliphatic carbocycles. The third kappa shape index (κ3) is 5.04. The normalized spacial score (nSPS) is 16.6. The lowest BCUT2D eigenvalue weighted by Crippen LogP contribution is -2.29. The summed E-state index contributed by atoms with van der Waals surface area (Å²) < 4.78 is 20.2. The first-order chi connectivity index (χ1) is 18.4. The van der Waals surface area contributed by atoms with Gasteiger partial charge in [-0.15, -0.1) is 0 Å². The minimum absolute atomic E-state index is 0.0923. The Kier molecular flexibility index (Phi) is 7.00. The number of hydrogen-bond donors (Lipinski definition) is 1. The predicted octanol–water partition coefficient (Wildman–Crippen LogP) is 5.73. The van der Waals surface area contributed by atoms with Gasteiger partial charge in [-0.1, -0.05) is 54.6 Å². The summed E-state index contributed by atoms with van der Waals surface area (Å²) >= 11 is 0. The summed E-state index contributed by atoms with van der Waals surface area (Å²) in [6.07, 6.45) is 3.21. The number of halogens is 1. The summed E-state index contributed by atoms with van der Waals surface area (Å²) in [6.45, 7) is 2.12. The molecule has 1 N–H and O–H groups in total. The van der Waals surface area contributed by atoms with Crippen LogP contribution in [0, 0.1) is 12.7 Å². The van der Waals surface area contributed by atoms with Gasteiger partial charge in [-0.3, -0.25) is 14.6 Å². The van der Waals surface area contributed by atoms with Crippen LogP contribution < -0.4 is 4.74 Å².